The van der Waals surface area contributed by atoms with Crippen molar-refractivity contribution in [2.75, 3.05) is 37.6 Å². The Balaban J connectivity index is 1.54. The van der Waals surface area contributed by atoms with Crippen molar-refractivity contribution in [2.45, 2.75) is 6.42 Å². The topological polar surface area (TPSA) is 94.2 Å². The second kappa shape index (κ2) is 9.09. The highest BCUT2D eigenvalue weighted by Crippen LogP contribution is 2.33. The molecule has 8 heteroatoms. The molecule has 0 aliphatic carbocycles. The number of anilines is 2. The third-order valence-corrected chi connectivity index (χ3v) is 4.53. The molecule has 1 aliphatic rings. The molecule has 1 aliphatic heterocycles. The molecule has 0 bridgehead atoms. The van der Waals surface area contributed by atoms with Crippen molar-refractivity contribution in [3.8, 4) is 11.5 Å². The number of ether oxygens (including phenoxy) is 3. The number of carbonyl (C=O) groups excluding carboxylic acids is 3. The lowest BCUT2D eigenvalue weighted by Crippen LogP contribution is -2.28. The lowest BCUT2D eigenvalue weighted by atomic mass is 10.1. The second-order valence-electron chi connectivity index (χ2n) is 6.47. The number of amides is 2. The van der Waals surface area contributed by atoms with Crippen molar-refractivity contribution < 1.29 is 28.6 Å². The van der Waals surface area contributed by atoms with Crippen LogP contribution in [0.3, 0.4) is 0 Å². The van der Waals surface area contributed by atoms with Gasteiger partial charge in [-0.2, -0.15) is 0 Å². The average Bonchev–Trinajstić information content (AvgIpc) is 3.13. The Morgan fingerprint density at radius 1 is 1.10 bits per heavy atom. The number of benzene rings is 2. The molecule has 1 fully saturated rings. The predicted octanol–water partition coefficient (Wildman–Crippen LogP) is 2.24. The number of esters is 1. The van der Waals surface area contributed by atoms with Gasteiger partial charge in [0.2, 0.25) is 5.91 Å². The summed E-state index contributed by atoms with van der Waals surface area (Å²) in [7, 11) is 3.05. The maximum absolute atomic E-state index is 12.4. The van der Waals surface area contributed by atoms with E-state index in [9.17, 15) is 14.4 Å². The zero-order valence-corrected chi connectivity index (χ0v) is 16.2. The highest BCUT2D eigenvalue weighted by molar-refractivity contribution is 6.01. The van der Waals surface area contributed by atoms with Crippen LogP contribution in [-0.2, 0) is 19.1 Å². The third kappa shape index (κ3) is 4.84. The van der Waals surface area contributed by atoms with E-state index in [-0.39, 0.29) is 18.9 Å². The number of nitrogens with one attached hydrogen (secondary N) is 1. The largest absolute Gasteiger partial charge is 0.497 e. The van der Waals surface area contributed by atoms with Crippen LogP contribution in [0.5, 0.6) is 11.5 Å². The first-order valence-electron chi connectivity index (χ1n) is 9.05. The van der Waals surface area contributed by atoms with Crippen LogP contribution >= 0.6 is 0 Å². The Morgan fingerprint density at radius 2 is 1.90 bits per heavy atom. The standard InChI is InChI=1S/C21H22N2O6/c1-27-16-7-5-6-15(11-16)22-19(24)13-29-21(26)14-10-20(25)23(12-14)17-8-3-4-9-18(17)28-2/h3-9,11,14H,10,12-13H2,1-2H3,(H,22,24)/t14-/m0/s1. The summed E-state index contributed by atoms with van der Waals surface area (Å²) < 4.78 is 15.5. The van der Waals surface area contributed by atoms with Crippen LogP contribution in [0.25, 0.3) is 0 Å². The molecule has 1 heterocycles. The second-order valence-corrected chi connectivity index (χ2v) is 6.47. The predicted molar refractivity (Wildman–Crippen MR) is 106 cm³/mol. The van der Waals surface area contributed by atoms with Crippen molar-refractivity contribution in [1.29, 1.82) is 0 Å². The van der Waals surface area contributed by atoms with Crippen molar-refractivity contribution >= 4 is 29.2 Å². The van der Waals surface area contributed by atoms with E-state index >= 15 is 0 Å². The van der Waals surface area contributed by atoms with E-state index in [4.69, 9.17) is 14.2 Å². The molecule has 0 radical (unpaired) electrons. The minimum absolute atomic E-state index is 0.0222. The maximum Gasteiger partial charge on any atom is 0.311 e. The summed E-state index contributed by atoms with van der Waals surface area (Å²) in [5.41, 5.74) is 1.13. The number of rotatable bonds is 7. The number of hydrogen-bond donors (Lipinski definition) is 1. The zero-order chi connectivity index (χ0) is 20.8. The van der Waals surface area contributed by atoms with Crippen LogP contribution in [0.15, 0.2) is 48.5 Å². The van der Waals surface area contributed by atoms with Crippen LogP contribution < -0.4 is 19.7 Å². The van der Waals surface area contributed by atoms with E-state index in [2.05, 4.69) is 5.32 Å². The monoisotopic (exact) mass is 398 g/mol. The van der Waals surface area contributed by atoms with Gasteiger partial charge in [-0.3, -0.25) is 14.4 Å². The highest BCUT2D eigenvalue weighted by Gasteiger charge is 2.37. The zero-order valence-electron chi connectivity index (χ0n) is 16.2. The SMILES string of the molecule is COc1cccc(NC(=O)COC(=O)[C@H]2CC(=O)N(c3ccccc3OC)C2)c1. The van der Waals surface area contributed by atoms with Crippen LogP contribution in [0.4, 0.5) is 11.4 Å². The maximum atomic E-state index is 12.4. The number of para-hydroxylation sites is 2. The Bertz CT molecular complexity index is 914. The molecule has 0 spiro atoms. The summed E-state index contributed by atoms with van der Waals surface area (Å²) in [4.78, 5) is 38.3. The lowest BCUT2D eigenvalue weighted by molar-refractivity contribution is -0.151. The number of hydrogen-bond acceptors (Lipinski definition) is 6. The Labute approximate surface area is 168 Å². The Hall–Kier alpha value is -3.55. The normalized spacial score (nSPS) is 15.7. The molecule has 29 heavy (non-hydrogen) atoms. The van der Waals surface area contributed by atoms with Crippen molar-refractivity contribution in [3.63, 3.8) is 0 Å². The van der Waals surface area contributed by atoms with Gasteiger partial charge in [0, 0.05) is 24.7 Å². The summed E-state index contributed by atoms with van der Waals surface area (Å²) in [6.45, 7) is -0.259. The summed E-state index contributed by atoms with van der Waals surface area (Å²) in [6.07, 6.45) is 0.0222. The molecule has 2 amide bonds. The average molecular weight is 398 g/mol. The van der Waals surface area contributed by atoms with Crippen molar-refractivity contribution in [3.05, 3.63) is 48.5 Å². The quantitative estimate of drug-likeness (QED) is 0.719. The van der Waals surface area contributed by atoms with Crippen molar-refractivity contribution in [2.24, 2.45) is 5.92 Å². The first kappa shape index (κ1) is 20.2. The van der Waals surface area contributed by atoms with E-state index in [0.29, 0.717) is 22.9 Å². The van der Waals surface area contributed by atoms with Gasteiger partial charge in [0.25, 0.3) is 5.91 Å². The molecular weight excluding hydrogens is 376 g/mol. The minimum atomic E-state index is -0.642. The van der Waals surface area contributed by atoms with Gasteiger partial charge in [-0.1, -0.05) is 18.2 Å². The molecule has 0 saturated carbocycles. The van der Waals surface area contributed by atoms with E-state index in [1.54, 1.807) is 48.5 Å². The summed E-state index contributed by atoms with van der Waals surface area (Å²) in [6, 6.07) is 13.9. The van der Waals surface area contributed by atoms with E-state index in [0.717, 1.165) is 0 Å². The van der Waals surface area contributed by atoms with Gasteiger partial charge in [0.15, 0.2) is 6.61 Å². The molecule has 152 valence electrons. The number of nitrogens with zero attached hydrogens (tertiary/aromatic N) is 1. The van der Waals surface area contributed by atoms with Gasteiger partial charge in [-0.25, -0.2) is 0 Å². The molecular formula is C21H22N2O6. The molecule has 0 unspecified atom stereocenters. The summed E-state index contributed by atoms with van der Waals surface area (Å²) in [5, 5.41) is 2.63. The first-order chi connectivity index (χ1) is 14.0. The minimum Gasteiger partial charge on any atom is -0.497 e. The van der Waals surface area contributed by atoms with E-state index < -0.39 is 24.4 Å². The van der Waals surface area contributed by atoms with Crippen LogP contribution in [0.1, 0.15) is 6.42 Å². The fourth-order valence-electron chi connectivity index (χ4n) is 3.10. The molecule has 1 atom stereocenters. The third-order valence-electron chi connectivity index (χ3n) is 4.53. The van der Waals surface area contributed by atoms with Crippen LogP contribution in [0, 0.1) is 5.92 Å². The Morgan fingerprint density at radius 3 is 2.66 bits per heavy atom. The van der Waals surface area contributed by atoms with Crippen LogP contribution in [0.2, 0.25) is 0 Å². The van der Waals surface area contributed by atoms with E-state index in [1.165, 1.54) is 19.1 Å². The van der Waals surface area contributed by atoms with Gasteiger partial charge in [0.05, 0.1) is 25.8 Å². The van der Waals surface area contributed by atoms with Gasteiger partial charge >= 0.3 is 5.97 Å². The van der Waals surface area contributed by atoms with Gasteiger partial charge < -0.3 is 24.4 Å². The first-order valence-corrected chi connectivity index (χ1v) is 9.05. The van der Waals surface area contributed by atoms with Crippen molar-refractivity contribution in [1.82, 2.24) is 0 Å². The molecule has 8 nitrogen and oxygen atoms in total. The highest BCUT2D eigenvalue weighted by atomic mass is 16.5. The van der Waals surface area contributed by atoms with Gasteiger partial charge in [-0.05, 0) is 24.3 Å². The number of methoxy groups -OCH3 is 2. The smallest absolute Gasteiger partial charge is 0.311 e. The number of carbonyl (C=O) groups is 3. The van der Waals surface area contributed by atoms with E-state index in [1.807, 2.05) is 0 Å². The molecule has 1 N–H and O–H groups in total. The fourth-order valence-corrected chi connectivity index (χ4v) is 3.10. The summed E-state index contributed by atoms with van der Waals surface area (Å²) >= 11 is 0. The molecule has 1 saturated heterocycles. The Kier molecular flexibility index (Phi) is 6.33. The molecule has 0 aromatic heterocycles. The lowest BCUT2D eigenvalue weighted by Gasteiger charge is -2.19. The fraction of sp³-hybridized carbons (Fsp3) is 0.286. The summed E-state index contributed by atoms with van der Waals surface area (Å²) in [5.74, 6) is -0.753. The van der Waals surface area contributed by atoms with Crippen LogP contribution in [-0.4, -0.2) is 45.2 Å². The molecule has 3 rings (SSSR count). The van der Waals surface area contributed by atoms with Gasteiger partial charge in [-0.15, -0.1) is 0 Å². The van der Waals surface area contributed by atoms with Gasteiger partial charge in [0.1, 0.15) is 11.5 Å². The molecule has 2 aromatic rings. The molecule has 2 aromatic carbocycles.